The maximum absolute atomic E-state index is 9.24. The van der Waals surface area contributed by atoms with Crippen LogP contribution in [0.25, 0.3) is 20.4 Å². The summed E-state index contributed by atoms with van der Waals surface area (Å²) >= 11 is 1.69. The molecule has 126 valence electrons. The van der Waals surface area contributed by atoms with Gasteiger partial charge in [-0.2, -0.15) is 0 Å². The lowest BCUT2D eigenvalue weighted by atomic mass is 10.0. The van der Waals surface area contributed by atoms with Crippen LogP contribution in [0.5, 0.6) is 0 Å². The second-order valence-electron chi connectivity index (χ2n) is 6.42. The molecule has 1 aliphatic rings. The van der Waals surface area contributed by atoms with Crippen LogP contribution in [0.3, 0.4) is 0 Å². The quantitative estimate of drug-likeness (QED) is 0.772. The van der Waals surface area contributed by atoms with Gasteiger partial charge in [0.2, 0.25) is 0 Å². The highest BCUT2D eigenvalue weighted by molar-refractivity contribution is 7.26. The Morgan fingerprint density at radius 3 is 2.88 bits per heavy atom. The monoisotopic (exact) mass is 342 g/mol. The van der Waals surface area contributed by atoms with Gasteiger partial charge in [0.15, 0.2) is 0 Å². The molecule has 4 rings (SSSR count). The number of aliphatic hydroxyl groups is 1. The van der Waals surface area contributed by atoms with Crippen LogP contribution in [0, 0.1) is 0 Å². The lowest BCUT2D eigenvalue weighted by Crippen LogP contribution is -2.22. The zero-order chi connectivity index (χ0) is 16.7. The standard InChI is InChI=1S/C18H22N4OS/c1-3-5-13-11-6-4-7-12(11)14-15-16(24-18(14)21-13)17(20-10-19-15)22(2)8-9-23/h10,23H,3-9H2,1-2H3. The number of aliphatic hydroxyl groups excluding tert-OH is 1. The van der Waals surface area contributed by atoms with Gasteiger partial charge in [0.25, 0.3) is 0 Å². The van der Waals surface area contributed by atoms with Gasteiger partial charge in [0.1, 0.15) is 17.0 Å². The summed E-state index contributed by atoms with van der Waals surface area (Å²) < 4.78 is 1.08. The van der Waals surface area contributed by atoms with E-state index in [0.717, 1.165) is 46.5 Å². The third kappa shape index (κ3) is 2.36. The van der Waals surface area contributed by atoms with Crippen molar-refractivity contribution in [3.05, 3.63) is 23.1 Å². The van der Waals surface area contributed by atoms with Gasteiger partial charge in [-0.05, 0) is 36.8 Å². The number of rotatable bonds is 5. The van der Waals surface area contributed by atoms with E-state index in [4.69, 9.17) is 4.98 Å². The minimum atomic E-state index is 0.112. The summed E-state index contributed by atoms with van der Waals surface area (Å²) in [5, 5.41) is 10.5. The fourth-order valence-electron chi connectivity index (χ4n) is 3.74. The predicted octanol–water partition coefficient (Wildman–Crippen LogP) is 3.11. The first-order valence-corrected chi connectivity index (χ1v) is 9.46. The van der Waals surface area contributed by atoms with E-state index >= 15 is 0 Å². The molecule has 24 heavy (non-hydrogen) atoms. The van der Waals surface area contributed by atoms with Crippen LogP contribution in [-0.4, -0.2) is 40.3 Å². The summed E-state index contributed by atoms with van der Waals surface area (Å²) in [7, 11) is 1.96. The molecule has 0 atom stereocenters. The molecule has 6 heteroatoms. The fourth-order valence-corrected chi connectivity index (χ4v) is 4.96. The molecule has 0 bridgehead atoms. The Morgan fingerprint density at radius 1 is 1.25 bits per heavy atom. The van der Waals surface area contributed by atoms with E-state index in [1.807, 2.05) is 11.9 Å². The molecule has 0 aromatic carbocycles. The van der Waals surface area contributed by atoms with E-state index in [1.165, 1.54) is 28.6 Å². The van der Waals surface area contributed by atoms with Crippen molar-refractivity contribution in [3.8, 4) is 0 Å². The molecule has 5 nitrogen and oxygen atoms in total. The van der Waals surface area contributed by atoms with Crippen LogP contribution in [0.4, 0.5) is 5.82 Å². The zero-order valence-corrected chi connectivity index (χ0v) is 15.0. The largest absolute Gasteiger partial charge is 0.395 e. The molecular weight excluding hydrogens is 320 g/mol. The maximum Gasteiger partial charge on any atom is 0.149 e. The highest BCUT2D eigenvalue weighted by Crippen LogP contribution is 2.41. The Bertz CT molecular complexity index is 905. The number of fused-ring (bicyclic) bond motifs is 5. The van der Waals surface area contributed by atoms with E-state index < -0.39 is 0 Å². The number of anilines is 1. The summed E-state index contributed by atoms with van der Waals surface area (Å²) in [5.74, 6) is 0.890. The number of hydrogen-bond donors (Lipinski definition) is 1. The third-order valence-electron chi connectivity index (χ3n) is 4.82. The molecule has 1 N–H and O–H groups in total. The summed E-state index contributed by atoms with van der Waals surface area (Å²) in [4.78, 5) is 17.1. The first-order valence-electron chi connectivity index (χ1n) is 8.64. The zero-order valence-electron chi connectivity index (χ0n) is 14.2. The van der Waals surface area contributed by atoms with Crippen LogP contribution >= 0.6 is 11.3 Å². The van der Waals surface area contributed by atoms with Crippen LogP contribution in [0.2, 0.25) is 0 Å². The SMILES string of the molecule is CCCc1nc2sc3c(N(C)CCO)ncnc3c2c2c1CCC2. The summed E-state index contributed by atoms with van der Waals surface area (Å²) in [6.45, 7) is 2.89. The van der Waals surface area contributed by atoms with Gasteiger partial charge < -0.3 is 10.0 Å². The molecule has 0 spiro atoms. The highest BCUT2D eigenvalue weighted by atomic mass is 32.1. The number of hydrogen-bond acceptors (Lipinski definition) is 6. The van der Waals surface area contributed by atoms with Gasteiger partial charge in [-0.3, -0.25) is 0 Å². The first kappa shape index (κ1) is 15.7. The van der Waals surface area contributed by atoms with E-state index in [1.54, 1.807) is 17.7 Å². The van der Waals surface area contributed by atoms with E-state index in [-0.39, 0.29) is 6.61 Å². The average Bonchev–Trinajstić information content (AvgIpc) is 3.18. The average molecular weight is 342 g/mol. The second-order valence-corrected chi connectivity index (χ2v) is 7.42. The Kier molecular flexibility index (Phi) is 4.10. The van der Waals surface area contributed by atoms with E-state index in [9.17, 15) is 5.11 Å². The lowest BCUT2D eigenvalue weighted by molar-refractivity contribution is 0.304. The van der Waals surface area contributed by atoms with Crippen molar-refractivity contribution in [1.29, 1.82) is 0 Å². The van der Waals surface area contributed by atoms with Crippen molar-refractivity contribution >= 4 is 37.6 Å². The molecule has 0 unspecified atom stereocenters. The minimum Gasteiger partial charge on any atom is -0.395 e. The molecule has 0 aliphatic heterocycles. The Hall–Kier alpha value is -1.79. The van der Waals surface area contributed by atoms with Gasteiger partial charge in [-0.25, -0.2) is 15.0 Å². The molecule has 3 aromatic rings. The molecule has 0 radical (unpaired) electrons. The molecule has 1 aliphatic carbocycles. The predicted molar refractivity (Wildman–Crippen MR) is 99.1 cm³/mol. The number of nitrogens with zero attached hydrogens (tertiary/aromatic N) is 4. The van der Waals surface area contributed by atoms with Gasteiger partial charge in [0, 0.05) is 24.7 Å². The molecular formula is C18H22N4OS. The number of thiophene rings is 1. The van der Waals surface area contributed by atoms with Crippen molar-refractivity contribution in [2.75, 3.05) is 25.1 Å². The molecule has 3 heterocycles. The Balaban J connectivity index is 2.00. The topological polar surface area (TPSA) is 62.1 Å². The molecule has 0 fully saturated rings. The van der Waals surface area contributed by atoms with E-state index in [2.05, 4.69) is 16.9 Å². The number of pyridine rings is 1. The van der Waals surface area contributed by atoms with Gasteiger partial charge in [-0.15, -0.1) is 11.3 Å². The Morgan fingerprint density at radius 2 is 2.08 bits per heavy atom. The van der Waals surface area contributed by atoms with Gasteiger partial charge >= 0.3 is 0 Å². The molecule has 0 amide bonds. The first-order chi connectivity index (χ1) is 11.7. The molecule has 0 saturated carbocycles. The molecule has 3 aromatic heterocycles. The van der Waals surface area contributed by atoms with Crippen LogP contribution < -0.4 is 4.90 Å². The van der Waals surface area contributed by atoms with Crippen molar-refractivity contribution in [2.45, 2.75) is 39.0 Å². The van der Waals surface area contributed by atoms with Crippen molar-refractivity contribution in [2.24, 2.45) is 0 Å². The van der Waals surface area contributed by atoms with Crippen LogP contribution in [0.1, 0.15) is 36.6 Å². The second kappa shape index (κ2) is 6.26. The number of aromatic nitrogens is 3. The maximum atomic E-state index is 9.24. The van der Waals surface area contributed by atoms with E-state index in [0.29, 0.717) is 6.54 Å². The van der Waals surface area contributed by atoms with Gasteiger partial charge in [-0.1, -0.05) is 13.3 Å². The normalized spacial score (nSPS) is 13.8. The minimum absolute atomic E-state index is 0.112. The Labute approximate surface area is 145 Å². The lowest BCUT2D eigenvalue weighted by Gasteiger charge is -2.16. The van der Waals surface area contributed by atoms with Gasteiger partial charge in [0.05, 0.1) is 16.8 Å². The number of likely N-dealkylation sites (N-methyl/N-ethyl adjacent to an activating group) is 1. The van der Waals surface area contributed by atoms with Crippen molar-refractivity contribution in [3.63, 3.8) is 0 Å². The van der Waals surface area contributed by atoms with Crippen LogP contribution in [-0.2, 0) is 19.3 Å². The smallest absolute Gasteiger partial charge is 0.149 e. The summed E-state index contributed by atoms with van der Waals surface area (Å²) in [5.41, 5.74) is 5.23. The van der Waals surface area contributed by atoms with Crippen molar-refractivity contribution in [1.82, 2.24) is 15.0 Å². The fraction of sp³-hybridized carbons (Fsp3) is 0.500. The summed E-state index contributed by atoms with van der Waals surface area (Å²) in [6.07, 6.45) is 7.30. The number of aryl methyl sites for hydroxylation is 2. The van der Waals surface area contributed by atoms with Crippen molar-refractivity contribution < 1.29 is 5.11 Å². The third-order valence-corrected chi connectivity index (χ3v) is 5.89. The summed E-state index contributed by atoms with van der Waals surface area (Å²) in [6, 6.07) is 0. The molecule has 0 saturated heterocycles. The van der Waals surface area contributed by atoms with Crippen LogP contribution in [0.15, 0.2) is 6.33 Å². The highest BCUT2D eigenvalue weighted by Gasteiger charge is 2.24.